The predicted octanol–water partition coefficient (Wildman–Crippen LogP) is 3.89. The van der Waals surface area contributed by atoms with Crippen molar-refractivity contribution in [3.63, 3.8) is 0 Å². The van der Waals surface area contributed by atoms with Crippen LogP contribution in [0.3, 0.4) is 0 Å². The van der Waals surface area contributed by atoms with Crippen LogP contribution in [0.1, 0.15) is 24.0 Å². The maximum Gasteiger partial charge on any atom is 0.245 e. The molecule has 1 amide bonds. The third kappa shape index (κ3) is 3.95. The first-order valence-electron chi connectivity index (χ1n) is 10.1. The summed E-state index contributed by atoms with van der Waals surface area (Å²) in [7, 11) is -3.75. The number of para-hydroxylation sites is 1. The van der Waals surface area contributed by atoms with Crippen molar-refractivity contribution >= 4 is 32.5 Å². The van der Waals surface area contributed by atoms with Gasteiger partial charge in [0.15, 0.2) is 0 Å². The smallest absolute Gasteiger partial charge is 0.245 e. The summed E-state index contributed by atoms with van der Waals surface area (Å²) in [6, 6.07) is 14.7. The largest absolute Gasteiger partial charge is 0.326 e. The second-order valence-corrected chi connectivity index (χ2v) is 9.75. The van der Waals surface area contributed by atoms with E-state index < -0.39 is 15.9 Å². The minimum Gasteiger partial charge on any atom is -0.326 e. The maximum absolute atomic E-state index is 13.4. The first kappa shape index (κ1) is 20.5. The second-order valence-electron chi connectivity index (χ2n) is 7.84. The van der Waals surface area contributed by atoms with Gasteiger partial charge < -0.3 is 5.32 Å². The highest BCUT2D eigenvalue weighted by molar-refractivity contribution is 7.89. The second kappa shape index (κ2) is 8.16. The van der Waals surface area contributed by atoms with Gasteiger partial charge in [-0.3, -0.25) is 9.78 Å². The number of aromatic nitrogens is 1. The molecule has 156 valence electrons. The summed E-state index contributed by atoms with van der Waals surface area (Å²) in [5.74, 6) is -0.531. The number of hydrogen-bond donors (Lipinski definition) is 1. The highest BCUT2D eigenvalue weighted by Crippen LogP contribution is 2.28. The van der Waals surface area contributed by atoms with Crippen LogP contribution in [0.15, 0.2) is 59.6 Å². The zero-order chi connectivity index (χ0) is 21.3. The Bertz CT molecular complexity index is 1200. The summed E-state index contributed by atoms with van der Waals surface area (Å²) in [5.41, 5.74) is 3.28. The number of piperidine rings is 1. The highest BCUT2D eigenvalue weighted by Gasteiger charge is 2.34. The van der Waals surface area contributed by atoms with Gasteiger partial charge in [-0.15, -0.1) is 0 Å². The van der Waals surface area contributed by atoms with E-state index in [0.717, 1.165) is 22.2 Å². The third-order valence-corrected chi connectivity index (χ3v) is 7.52. The Morgan fingerprint density at radius 2 is 1.93 bits per heavy atom. The first-order chi connectivity index (χ1) is 14.4. The fraction of sp³-hybridized carbons (Fsp3) is 0.304. The van der Waals surface area contributed by atoms with Gasteiger partial charge in [-0.2, -0.15) is 4.31 Å². The summed E-state index contributed by atoms with van der Waals surface area (Å²) >= 11 is 0. The molecule has 1 saturated heterocycles. The lowest BCUT2D eigenvalue weighted by Gasteiger charge is -2.31. The molecule has 3 aromatic rings. The number of carbonyl (C=O) groups excluding carboxylic acids is 1. The molecular formula is C23H25N3O3S. The Kier molecular flexibility index (Phi) is 5.58. The van der Waals surface area contributed by atoms with Crippen molar-refractivity contribution in [1.82, 2.24) is 9.29 Å². The van der Waals surface area contributed by atoms with E-state index in [1.807, 2.05) is 44.2 Å². The van der Waals surface area contributed by atoms with Gasteiger partial charge in [-0.05, 0) is 56.0 Å². The van der Waals surface area contributed by atoms with Crippen LogP contribution in [0.25, 0.3) is 10.9 Å². The number of rotatable bonds is 4. The summed E-state index contributed by atoms with van der Waals surface area (Å²) in [4.78, 5) is 17.4. The molecule has 1 atom stereocenters. The molecule has 0 radical (unpaired) electrons. The standard InChI is InChI=1S/C23H25N3O3S/c1-16-10-11-17(2)20(14-16)25-23(27)19-8-5-13-26(15-19)30(28,29)21-9-3-6-18-7-4-12-24-22(18)21/h3-4,6-7,9-12,14,19H,5,8,13,15H2,1-2H3,(H,25,27)/t19-/m0/s1. The Morgan fingerprint density at radius 1 is 1.13 bits per heavy atom. The minimum atomic E-state index is -3.75. The molecule has 0 spiro atoms. The molecule has 0 aliphatic carbocycles. The zero-order valence-corrected chi connectivity index (χ0v) is 17.9. The van der Waals surface area contributed by atoms with Crippen molar-refractivity contribution in [1.29, 1.82) is 0 Å². The average Bonchev–Trinajstić information content (AvgIpc) is 2.76. The van der Waals surface area contributed by atoms with E-state index in [1.165, 1.54) is 4.31 Å². The van der Waals surface area contributed by atoms with Gasteiger partial charge in [-0.25, -0.2) is 8.42 Å². The van der Waals surface area contributed by atoms with Gasteiger partial charge in [0.2, 0.25) is 15.9 Å². The molecule has 0 saturated carbocycles. The van der Waals surface area contributed by atoms with E-state index in [4.69, 9.17) is 0 Å². The molecular weight excluding hydrogens is 398 g/mol. The molecule has 1 fully saturated rings. The van der Waals surface area contributed by atoms with Crippen molar-refractivity contribution in [2.24, 2.45) is 5.92 Å². The fourth-order valence-electron chi connectivity index (χ4n) is 3.90. The number of fused-ring (bicyclic) bond motifs is 1. The van der Waals surface area contributed by atoms with E-state index in [0.29, 0.717) is 24.9 Å². The van der Waals surface area contributed by atoms with E-state index in [-0.39, 0.29) is 17.3 Å². The fourth-order valence-corrected chi connectivity index (χ4v) is 5.59. The molecule has 1 aliphatic heterocycles. The molecule has 0 unspecified atom stereocenters. The summed E-state index contributed by atoms with van der Waals surface area (Å²) in [6.45, 7) is 4.49. The zero-order valence-electron chi connectivity index (χ0n) is 17.1. The number of anilines is 1. The summed E-state index contributed by atoms with van der Waals surface area (Å²) in [5, 5.41) is 3.77. The van der Waals surface area contributed by atoms with Gasteiger partial charge in [0.1, 0.15) is 4.90 Å². The molecule has 1 aromatic heterocycles. The van der Waals surface area contributed by atoms with Gasteiger partial charge in [0.25, 0.3) is 0 Å². The van der Waals surface area contributed by atoms with Crippen LogP contribution in [0.5, 0.6) is 0 Å². The monoisotopic (exact) mass is 423 g/mol. The molecule has 1 aliphatic rings. The molecule has 2 aromatic carbocycles. The van der Waals surface area contributed by atoms with Gasteiger partial charge in [-0.1, -0.05) is 30.3 Å². The topological polar surface area (TPSA) is 79.4 Å². The molecule has 0 bridgehead atoms. The number of aryl methyl sites for hydroxylation is 2. The number of amides is 1. The van der Waals surface area contributed by atoms with Crippen LogP contribution in [0.2, 0.25) is 0 Å². The van der Waals surface area contributed by atoms with E-state index >= 15 is 0 Å². The van der Waals surface area contributed by atoms with Crippen molar-refractivity contribution in [3.05, 3.63) is 65.9 Å². The minimum absolute atomic E-state index is 0.139. The number of nitrogens with zero attached hydrogens (tertiary/aromatic N) is 2. The van der Waals surface area contributed by atoms with Crippen LogP contribution in [-0.2, 0) is 14.8 Å². The predicted molar refractivity (Wildman–Crippen MR) is 118 cm³/mol. The number of pyridine rings is 1. The van der Waals surface area contributed by atoms with Gasteiger partial charge in [0, 0.05) is 30.4 Å². The normalized spacial score (nSPS) is 17.7. The number of sulfonamides is 1. The van der Waals surface area contributed by atoms with Gasteiger partial charge >= 0.3 is 0 Å². The number of hydrogen-bond acceptors (Lipinski definition) is 4. The molecule has 6 nitrogen and oxygen atoms in total. The summed E-state index contributed by atoms with van der Waals surface area (Å²) in [6.07, 6.45) is 2.90. The van der Waals surface area contributed by atoms with E-state index in [1.54, 1.807) is 24.4 Å². The Morgan fingerprint density at radius 3 is 2.77 bits per heavy atom. The number of nitrogens with one attached hydrogen (secondary N) is 1. The Balaban J connectivity index is 1.57. The van der Waals surface area contributed by atoms with Crippen LogP contribution in [-0.4, -0.2) is 36.7 Å². The van der Waals surface area contributed by atoms with Crippen LogP contribution in [0, 0.1) is 19.8 Å². The van der Waals surface area contributed by atoms with Crippen LogP contribution < -0.4 is 5.32 Å². The third-order valence-electron chi connectivity index (χ3n) is 5.62. The maximum atomic E-state index is 13.4. The number of benzene rings is 2. The van der Waals surface area contributed by atoms with Crippen molar-refractivity contribution in [2.45, 2.75) is 31.6 Å². The SMILES string of the molecule is Cc1ccc(C)c(NC(=O)[C@H]2CCCN(S(=O)(=O)c3cccc4cccnc34)C2)c1. The van der Waals surface area contributed by atoms with Crippen molar-refractivity contribution in [3.8, 4) is 0 Å². The summed E-state index contributed by atoms with van der Waals surface area (Å²) < 4.78 is 28.2. The molecule has 2 heterocycles. The van der Waals surface area contributed by atoms with E-state index in [9.17, 15) is 13.2 Å². The lowest BCUT2D eigenvalue weighted by Crippen LogP contribution is -2.43. The van der Waals surface area contributed by atoms with E-state index in [2.05, 4.69) is 10.3 Å². The van der Waals surface area contributed by atoms with Gasteiger partial charge in [0.05, 0.1) is 11.4 Å². The Hall–Kier alpha value is -2.77. The lowest BCUT2D eigenvalue weighted by atomic mass is 9.98. The number of carbonyl (C=O) groups is 1. The van der Waals surface area contributed by atoms with Crippen LogP contribution in [0.4, 0.5) is 5.69 Å². The Labute approximate surface area is 177 Å². The van der Waals surface area contributed by atoms with Crippen LogP contribution >= 0.6 is 0 Å². The quantitative estimate of drug-likeness (QED) is 0.690. The molecule has 30 heavy (non-hydrogen) atoms. The van der Waals surface area contributed by atoms with Crippen molar-refractivity contribution in [2.75, 3.05) is 18.4 Å². The highest BCUT2D eigenvalue weighted by atomic mass is 32.2. The molecule has 1 N–H and O–H groups in total. The molecule has 7 heteroatoms. The van der Waals surface area contributed by atoms with Crippen molar-refractivity contribution < 1.29 is 13.2 Å². The molecule has 4 rings (SSSR count). The lowest BCUT2D eigenvalue weighted by molar-refractivity contribution is -0.120. The first-order valence-corrected chi connectivity index (χ1v) is 11.5. The average molecular weight is 424 g/mol.